The summed E-state index contributed by atoms with van der Waals surface area (Å²) in [6.45, 7) is 7.75. The molecule has 1 N–H and O–H groups in total. The zero-order chi connectivity index (χ0) is 18.4. The predicted molar refractivity (Wildman–Crippen MR) is 98.9 cm³/mol. The summed E-state index contributed by atoms with van der Waals surface area (Å²) in [5.41, 5.74) is 0.977. The van der Waals surface area contributed by atoms with Crippen molar-refractivity contribution in [3.63, 3.8) is 0 Å². The van der Waals surface area contributed by atoms with Crippen molar-refractivity contribution in [2.45, 2.75) is 31.6 Å². The number of carbonyl (C=O) groups is 1. The highest BCUT2D eigenvalue weighted by Crippen LogP contribution is 2.13. The molecule has 0 aromatic heterocycles. The lowest BCUT2D eigenvalue weighted by Gasteiger charge is -2.32. The second-order valence-corrected chi connectivity index (χ2v) is 8.84. The monoisotopic (exact) mass is 367 g/mol. The van der Waals surface area contributed by atoms with Crippen molar-refractivity contribution >= 4 is 15.9 Å². The molecule has 1 saturated heterocycles. The van der Waals surface area contributed by atoms with Crippen LogP contribution in [0.15, 0.2) is 29.2 Å². The first kappa shape index (κ1) is 19.9. The van der Waals surface area contributed by atoms with E-state index < -0.39 is 10.0 Å². The average molecular weight is 368 g/mol. The number of piperazine rings is 1. The van der Waals surface area contributed by atoms with Crippen LogP contribution < -0.4 is 4.72 Å². The molecule has 25 heavy (non-hydrogen) atoms. The molecule has 0 radical (unpaired) electrons. The highest BCUT2D eigenvalue weighted by molar-refractivity contribution is 7.89. The average Bonchev–Trinajstić information content (AvgIpc) is 2.59. The van der Waals surface area contributed by atoms with Gasteiger partial charge in [0.1, 0.15) is 0 Å². The predicted octanol–water partition coefficient (Wildman–Crippen LogP) is 1.33. The Kier molecular flexibility index (Phi) is 6.98. The smallest absolute Gasteiger partial charge is 0.240 e. The third kappa shape index (κ3) is 6.09. The van der Waals surface area contributed by atoms with Gasteiger partial charge in [0.05, 0.1) is 4.90 Å². The van der Waals surface area contributed by atoms with E-state index in [4.69, 9.17) is 0 Å². The van der Waals surface area contributed by atoms with Gasteiger partial charge in [-0.3, -0.25) is 4.79 Å². The summed E-state index contributed by atoms with van der Waals surface area (Å²) in [7, 11) is -1.39. The Morgan fingerprint density at radius 1 is 1.12 bits per heavy atom. The Morgan fingerprint density at radius 2 is 1.72 bits per heavy atom. The van der Waals surface area contributed by atoms with E-state index >= 15 is 0 Å². The number of rotatable bonds is 7. The summed E-state index contributed by atoms with van der Waals surface area (Å²) in [4.78, 5) is 16.7. The molecule has 1 aliphatic rings. The van der Waals surface area contributed by atoms with Gasteiger partial charge in [-0.15, -0.1) is 0 Å². The highest BCUT2D eigenvalue weighted by Gasteiger charge is 2.19. The molecule has 2 rings (SSSR count). The first-order valence-electron chi connectivity index (χ1n) is 8.83. The third-order valence-corrected chi connectivity index (χ3v) is 5.84. The third-order valence-electron chi connectivity index (χ3n) is 4.40. The van der Waals surface area contributed by atoms with Gasteiger partial charge in [-0.2, -0.15) is 0 Å². The van der Waals surface area contributed by atoms with E-state index in [9.17, 15) is 13.2 Å². The molecule has 1 aromatic carbocycles. The molecule has 1 heterocycles. The number of likely N-dealkylation sites (N-methyl/N-ethyl adjacent to an activating group) is 1. The Balaban J connectivity index is 1.87. The van der Waals surface area contributed by atoms with Crippen LogP contribution in [-0.2, 0) is 21.2 Å². The Bertz CT molecular complexity index is 663. The first-order chi connectivity index (χ1) is 11.8. The van der Waals surface area contributed by atoms with Gasteiger partial charge in [0.2, 0.25) is 15.9 Å². The molecular formula is C18H29N3O3S. The van der Waals surface area contributed by atoms with Gasteiger partial charge in [0.25, 0.3) is 0 Å². The molecule has 0 aliphatic carbocycles. The molecule has 140 valence electrons. The molecule has 1 amide bonds. The fourth-order valence-electron chi connectivity index (χ4n) is 2.66. The highest BCUT2D eigenvalue weighted by atomic mass is 32.2. The van der Waals surface area contributed by atoms with Crippen LogP contribution in [0.5, 0.6) is 0 Å². The molecule has 1 fully saturated rings. The molecule has 1 aliphatic heterocycles. The summed E-state index contributed by atoms with van der Waals surface area (Å²) in [5.74, 6) is 0.429. The number of hydrogen-bond acceptors (Lipinski definition) is 4. The van der Waals surface area contributed by atoms with Crippen molar-refractivity contribution in [2.24, 2.45) is 5.92 Å². The number of aryl methyl sites for hydroxylation is 1. The quantitative estimate of drug-likeness (QED) is 0.789. The molecule has 0 bridgehead atoms. The van der Waals surface area contributed by atoms with Crippen LogP contribution in [0.3, 0.4) is 0 Å². The summed E-state index contributed by atoms with van der Waals surface area (Å²) in [5, 5.41) is 0. The molecule has 7 heteroatoms. The lowest BCUT2D eigenvalue weighted by Crippen LogP contribution is -2.47. The topological polar surface area (TPSA) is 69.7 Å². The van der Waals surface area contributed by atoms with Crippen molar-refractivity contribution in [1.82, 2.24) is 14.5 Å². The van der Waals surface area contributed by atoms with E-state index in [1.807, 2.05) is 18.7 Å². The van der Waals surface area contributed by atoms with E-state index in [-0.39, 0.29) is 16.7 Å². The van der Waals surface area contributed by atoms with Crippen LogP contribution in [0, 0.1) is 5.92 Å². The maximum atomic E-state index is 12.3. The standard InChI is InChI=1S/C18H29N3O3S/c1-15(2)14-19-25(23,24)17-7-4-16(5-8-17)6-9-18(22)21-12-10-20(3)11-13-21/h4-5,7-8,15,19H,6,9-14H2,1-3H3. The second-order valence-electron chi connectivity index (χ2n) is 7.07. The Morgan fingerprint density at radius 3 is 2.28 bits per heavy atom. The van der Waals surface area contributed by atoms with Crippen LogP contribution in [0.1, 0.15) is 25.8 Å². The number of carbonyl (C=O) groups excluding carboxylic acids is 1. The zero-order valence-corrected chi connectivity index (χ0v) is 16.2. The van der Waals surface area contributed by atoms with Gasteiger partial charge in [-0.25, -0.2) is 13.1 Å². The lowest BCUT2D eigenvalue weighted by molar-refractivity contribution is -0.132. The van der Waals surface area contributed by atoms with Gasteiger partial charge in [-0.1, -0.05) is 26.0 Å². The minimum atomic E-state index is -3.46. The van der Waals surface area contributed by atoms with Gasteiger partial charge >= 0.3 is 0 Å². The van der Waals surface area contributed by atoms with Gasteiger partial charge in [-0.05, 0) is 37.1 Å². The molecular weight excluding hydrogens is 338 g/mol. The molecule has 0 atom stereocenters. The number of hydrogen-bond donors (Lipinski definition) is 1. The summed E-state index contributed by atoms with van der Waals surface area (Å²) >= 11 is 0. The van der Waals surface area contributed by atoms with Crippen LogP contribution in [0.2, 0.25) is 0 Å². The van der Waals surface area contributed by atoms with Gasteiger partial charge < -0.3 is 9.80 Å². The maximum Gasteiger partial charge on any atom is 0.240 e. The second kappa shape index (κ2) is 8.78. The lowest BCUT2D eigenvalue weighted by atomic mass is 10.1. The number of benzene rings is 1. The molecule has 0 unspecified atom stereocenters. The minimum Gasteiger partial charge on any atom is -0.340 e. The SMILES string of the molecule is CC(C)CNS(=O)(=O)c1ccc(CCC(=O)N2CCN(C)CC2)cc1. The first-order valence-corrected chi connectivity index (χ1v) is 10.3. The summed E-state index contributed by atoms with van der Waals surface area (Å²) in [6.07, 6.45) is 1.09. The summed E-state index contributed by atoms with van der Waals surface area (Å²) in [6, 6.07) is 6.80. The van der Waals surface area contributed by atoms with Crippen LogP contribution in [-0.4, -0.2) is 63.9 Å². The van der Waals surface area contributed by atoms with Crippen molar-refractivity contribution < 1.29 is 13.2 Å². The van der Waals surface area contributed by atoms with Crippen molar-refractivity contribution in [1.29, 1.82) is 0 Å². The number of amides is 1. The van der Waals surface area contributed by atoms with E-state index in [0.717, 1.165) is 31.7 Å². The van der Waals surface area contributed by atoms with E-state index in [1.165, 1.54) is 0 Å². The van der Waals surface area contributed by atoms with Crippen LogP contribution in [0.4, 0.5) is 0 Å². The van der Waals surface area contributed by atoms with E-state index in [1.54, 1.807) is 24.3 Å². The number of sulfonamides is 1. The zero-order valence-electron chi connectivity index (χ0n) is 15.4. The van der Waals surface area contributed by atoms with Crippen LogP contribution >= 0.6 is 0 Å². The Hall–Kier alpha value is -1.44. The van der Waals surface area contributed by atoms with Gasteiger partial charge in [0, 0.05) is 39.1 Å². The Labute approximate surface area is 151 Å². The van der Waals surface area contributed by atoms with E-state index in [0.29, 0.717) is 19.4 Å². The van der Waals surface area contributed by atoms with Gasteiger partial charge in [0.15, 0.2) is 0 Å². The van der Waals surface area contributed by atoms with Crippen molar-refractivity contribution in [2.75, 3.05) is 39.8 Å². The molecule has 0 spiro atoms. The van der Waals surface area contributed by atoms with Crippen LogP contribution in [0.25, 0.3) is 0 Å². The summed E-state index contributed by atoms with van der Waals surface area (Å²) < 4.78 is 26.9. The van der Waals surface area contributed by atoms with Crippen molar-refractivity contribution in [3.05, 3.63) is 29.8 Å². The normalized spacial score (nSPS) is 16.4. The van der Waals surface area contributed by atoms with E-state index in [2.05, 4.69) is 16.7 Å². The fraction of sp³-hybridized carbons (Fsp3) is 0.611. The molecule has 1 aromatic rings. The largest absolute Gasteiger partial charge is 0.340 e. The molecule has 6 nitrogen and oxygen atoms in total. The maximum absolute atomic E-state index is 12.3. The number of nitrogens with one attached hydrogen (secondary N) is 1. The fourth-order valence-corrected chi connectivity index (χ4v) is 3.87. The minimum absolute atomic E-state index is 0.170. The molecule has 0 saturated carbocycles. The van der Waals surface area contributed by atoms with Crippen molar-refractivity contribution in [3.8, 4) is 0 Å². The number of nitrogens with zero attached hydrogens (tertiary/aromatic N) is 2.